The molecule has 0 fully saturated rings. The monoisotopic (exact) mass is 172 g/mol. The second-order valence-electron chi connectivity index (χ2n) is 5.20. The van der Waals surface area contributed by atoms with Gasteiger partial charge in [0.15, 0.2) is 0 Å². The summed E-state index contributed by atoms with van der Waals surface area (Å²) in [4.78, 5) is 0. The molecule has 0 N–H and O–H groups in total. The molecule has 0 radical (unpaired) electrons. The lowest BCUT2D eigenvalue weighted by molar-refractivity contribution is 0.363. The van der Waals surface area contributed by atoms with Crippen LogP contribution in [0, 0.1) is 5.41 Å². The van der Waals surface area contributed by atoms with Gasteiger partial charge in [-0.1, -0.05) is 52.8 Å². The van der Waals surface area contributed by atoms with E-state index in [1.165, 1.54) is 25.3 Å². The van der Waals surface area contributed by atoms with E-state index in [4.69, 9.17) is 0 Å². The molecule has 0 spiro atoms. The third-order valence-electron chi connectivity index (χ3n) is 1.96. The Morgan fingerprint density at radius 3 is 1.91 bits per heavy atom. The number of hydrogen-bond acceptors (Lipinski definition) is 0. The predicted octanol–water partition coefficient (Wildman–Crippen LogP) is 3.69. The predicted molar refractivity (Wildman–Crippen MR) is 57.0 cm³/mol. The molecule has 0 nitrogen and oxygen atoms in total. The summed E-state index contributed by atoms with van der Waals surface area (Å²) in [5.41, 5.74) is 0.554. The third kappa shape index (κ3) is 10.2. The first-order valence-corrected chi connectivity index (χ1v) is 8.04. The van der Waals surface area contributed by atoms with Crippen molar-refractivity contribution in [3.05, 3.63) is 0 Å². The van der Waals surface area contributed by atoms with Crippen LogP contribution in [0.1, 0.15) is 40.0 Å². The second-order valence-corrected chi connectivity index (χ2v) is 8.57. The fraction of sp³-hybridized carbons (Fsp3) is 1.00. The highest BCUT2D eigenvalue weighted by Gasteiger charge is 2.08. The van der Waals surface area contributed by atoms with E-state index in [1.807, 2.05) is 0 Å². The average molecular weight is 172 g/mol. The molecule has 0 aliphatic heterocycles. The number of hydrogen-bond donors (Lipinski definition) is 0. The second kappa shape index (κ2) is 4.97. The highest BCUT2D eigenvalue weighted by Crippen LogP contribution is 2.22. The molecule has 0 amide bonds. The van der Waals surface area contributed by atoms with Crippen LogP contribution in [0.25, 0.3) is 0 Å². The maximum absolute atomic E-state index is 2.44. The molecule has 0 heterocycles. The van der Waals surface area contributed by atoms with Crippen LogP contribution in [0.3, 0.4) is 0 Å². The maximum atomic E-state index is 2.44. The van der Waals surface area contributed by atoms with Gasteiger partial charge in [0, 0.05) is 8.80 Å². The standard InChI is InChI=1S/C10H24Si/c1-10(2,3)8-6-7-9-11(4)5/h11H,6-9H2,1-5H3. The molecule has 0 aromatic heterocycles. The lowest BCUT2D eigenvalue weighted by Crippen LogP contribution is -2.05. The Labute approximate surface area is 74.0 Å². The van der Waals surface area contributed by atoms with Gasteiger partial charge in [-0.25, -0.2) is 0 Å². The van der Waals surface area contributed by atoms with E-state index < -0.39 is 0 Å². The lowest BCUT2D eigenvalue weighted by Gasteiger charge is -2.17. The summed E-state index contributed by atoms with van der Waals surface area (Å²) >= 11 is 0. The van der Waals surface area contributed by atoms with Crippen LogP contribution < -0.4 is 0 Å². The van der Waals surface area contributed by atoms with Crippen molar-refractivity contribution in [1.29, 1.82) is 0 Å². The Kier molecular flexibility index (Phi) is 5.07. The van der Waals surface area contributed by atoms with E-state index in [0.717, 1.165) is 0 Å². The number of unbranched alkanes of at least 4 members (excludes halogenated alkanes) is 1. The Balaban J connectivity index is 3.15. The van der Waals surface area contributed by atoms with Crippen LogP contribution in [-0.2, 0) is 0 Å². The maximum Gasteiger partial charge on any atom is 0.0305 e. The summed E-state index contributed by atoms with van der Waals surface area (Å²) in [6, 6.07) is 1.54. The minimum Gasteiger partial charge on any atom is -0.0722 e. The van der Waals surface area contributed by atoms with Crippen molar-refractivity contribution < 1.29 is 0 Å². The van der Waals surface area contributed by atoms with E-state index >= 15 is 0 Å². The minimum absolute atomic E-state index is 0.256. The normalized spacial score (nSPS) is 12.5. The summed E-state index contributed by atoms with van der Waals surface area (Å²) < 4.78 is 0. The van der Waals surface area contributed by atoms with Gasteiger partial charge in [-0.3, -0.25) is 0 Å². The first-order chi connectivity index (χ1) is 4.92. The van der Waals surface area contributed by atoms with Crippen LogP contribution in [0.15, 0.2) is 0 Å². The van der Waals surface area contributed by atoms with Crippen molar-refractivity contribution >= 4 is 8.80 Å². The Morgan fingerprint density at radius 2 is 1.55 bits per heavy atom. The van der Waals surface area contributed by atoms with Crippen LogP contribution in [0.5, 0.6) is 0 Å². The molecule has 0 unspecified atom stereocenters. The van der Waals surface area contributed by atoms with E-state index in [-0.39, 0.29) is 8.80 Å². The van der Waals surface area contributed by atoms with Crippen LogP contribution in [-0.4, -0.2) is 8.80 Å². The molecule has 0 saturated heterocycles. The largest absolute Gasteiger partial charge is 0.0722 e. The summed E-state index contributed by atoms with van der Waals surface area (Å²) in [5.74, 6) is 0. The smallest absolute Gasteiger partial charge is 0.0305 e. The van der Waals surface area contributed by atoms with Crippen molar-refractivity contribution in [2.75, 3.05) is 0 Å². The molecular formula is C10H24Si. The molecule has 0 aliphatic rings. The van der Waals surface area contributed by atoms with Gasteiger partial charge in [0.05, 0.1) is 0 Å². The molecule has 0 bridgehead atoms. The summed E-state index contributed by atoms with van der Waals surface area (Å²) in [6.45, 7) is 11.9. The van der Waals surface area contributed by atoms with Gasteiger partial charge in [-0.15, -0.1) is 0 Å². The van der Waals surface area contributed by atoms with Crippen LogP contribution in [0.4, 0.5) is 0 Å². The first-order valence-electron chi connectivity index (χ1n) is 4.92. The lowest BCUT2D eigenvalue weighted by atomic mass is 9.90. The molecule has 0 aromatic carbocycles. The molecule has 0 rings (SSSR count). The summed E-state index contributed by atoms with van der Waals surface area (Å²) in [6.07, 6.45) is 4.31. The van der Waals surface area contributed by atoms with Gasteiger partial charge in [-0.2, -0.15) is 0 Å². The quantitative estimate of drug-likeness (QED) is 0.448. The zero-order valence-corrected chi connectivity index (χ0v) is 10.1. The first kappa shape index (κ1) is 11.2. The number of rotatable bonds is 4. The SMILES string of the molecule is C[SiH](C)CCCCC(C)(C)C. The molecular weight excluding hydrogens is 148 g/mol. The van der Waals surface area contributed by atoms with Crippen molar-refractivity contribution in [3.8, 4) is 0 Å². The van der Waals surface area contributed by atoms with Gasteiger partial charge in [0.1, 0.15) is 0 Å². The Hall–Kier alpha value is 0.217. The van der Waals surface area contributed by atoms with Gasteiger partial charge < -0.3 is 0 Å². The molecule has 0 saturated carbocycles. The van der Waals surface area contributed by atoms with Gasteiger partial charge in [0.2, 0.25) is 0 Å². The van der Waals surface area contributed by atoms with Crippen molar-refractivity contribution in [1.82, 2.24) is 0 Å². The third-order valence-corrected chi connectivity index (χ3v) is 3.52. The van der Waals surface area contributed by atoms with E-state index in [0.29, 0.717) is 5.41 Å². The topological polar surface area (TPSA) is 0 Å². The molecule has 68 valence electrons. The highest BCUT2D eigenvalue weighted by molar-refractivity contribution is 6.55. The van der Waals surface area contributed by atoms with E-state index in [2.05, 4.69) is 33.9 Å². The van der Waals surface area contributed by atoms with Crippen LogP contribution in [0.2, 0.25) is 19.1 Å². The van der Waals surface area contributed by atoms with Crippen molar-refractivity contribution in [2.45, 2.75) is 59.2 Å². The van der Waals surface area contributed by atoms with E-state index in [9.17, 15) is 0 Å². The fourth-order valence-corrected chi connectivity index (χ4v) is 2.31. The summed E-state index contributed by atoms with van der Waals surface area (Å²) in [5, 5.41) is 0. The molecule has 0 aromatic rings. The van der Waals surface area contributed by atoms with Crippen molar-refractivity contribution in [3.63, 3.8) is 0 Å². The van der Waals surface area contributed by atoms with E-state index in [1.54, 1.807) is 0 Å². The zero-order valence-electron chi connectivity index (χ0n) is 8.91. The Bertz CT molecular complexity index is 89.5. The molecule has 0 aliphatic carbocycles. The zero-order chi connectivity index (χ0) is 8.91. The fourth-order valence-electron chi connectivity index (χ4n) is 1.21. The van der Waals surface area contributed by atoms with Gasteiger partial charge >= 0.3 is 0 Å². The van der Waals surface area contributed by atoms with Crippen LogP contribution >= 0.6 is 0 Å². The molecule has 1 heteroatoms. The summed E-state index contributed by atoms with van der Waals surface area (Å²) in [7, 11) is -0.256. The minimum atomic E-state index is -0.256. The highest BCUT2D eigenvalue weighted by atomic mass is 28.3. The van der Waals surface area contributed by atoms with Gasteiger partial charge in [0.25, 0.3) is 0 Å². The van der Waals surface area contributed by atoms with Gasteiger partial charge in [-0.05, 0) is 11.8 Å². The molecule has 0 atom stereocenters. The molecule has 11 heavy (non-hydrogen) atoms. The average Bonchev–Trinajstić information content (AvgIpc) is 1.78. The Morgan fingerprint density at radius 1 is 1.00 bits per heavy atom. The van der Waals surface area contributed by atoms with Crippen molar-refractivity contribution in [2.24, 2.45) is 5.41 Å².